The van der Waals surface area contributed by atoms with Crippen molar-refractivity contribution in [3.05, 3.63) is 35.7 Å². The number of aryl methyl sites for hydroxylation is 1. The van der Waals surface area contributed by atoms with Gasteiger partial charge >= 0.3 is 0 Å². The molecule has 0 saturated heterocycles. The molecule has 0 fully saturated rings. The largest absolute Gasteiger partial charge is 0.383 e. The molecule has 0 aliphatic heterocycles. The molecule has 2 N–H and O–H groups in total. The number of imidazole rings is 1. The number of nitrogens with zero attached hydrogens (tertiary/aromatic N) is 2. The van der Waals surface area contributed by atoms with Gasteiger partial charge in [0.25, 0.3) is 0 Å². The molecule has 0 atom stereocenters. The third-order valence-electron chi connectivity index (χ3n) is 3.74. The zero-order valence-electron chi connectivity index (χ0n) is 13.9. The number of aromatic nitrogens is 2. The van der Waals surface area contributed by atoms with Crippen LogP contribution in [0.5, 0.6) is 0 Å². The lowest BCUT2D eigenvalue weighted by atomic mass is 9.95. The average Bonchev–Trinajstić information content (AvgIpc) is 2.74. The highest BCUT2D eigenvalue weighted by Crippen LogP contribution is 2.32. The molecule has 0 saturated carbocycles. The number of nitrogen functional groups attached to an aromatic ring is 1. The molecule has 2 aromatic rings. The molecule has 0 aliphatic carbocycles. The van der Waals surface area contributed by atoms with Gasteiger partial charge in [0.05, 0.1) is 0 Å². The summed E-state index contributed by atoms with van der Waals surface area (Å²) in [6.45, 7) is 11.8. The van der Waals surface area contributed by atoms with Gasteiger partial charge < -0.3 is 10.3 Å². The van der Waals surface area contributed by atoms with E-state index < -0.39 is 0 Å². The third-order valence-corrected chi connectivity index (χ3v) is 3.74. The van der Waals surface area contributed by atoms with Crippen LogP contribution >= 0.6 is 0 Å². The highest BCUT2D eigenvalue weighted by atomic mass is 15.1. The smallest absolute Gasteiger partial charge is 0.131 e. The SMILES string of the molecule is CCCCn1c(C(C)(C)C)nc(-c2ccc(C)cc2)c1N. The summed E-state index contributed by atoms with van der Waals surface area (Å²) < 4.78 is 2.19. The van der Waals surface area contributed by atoms with Gasteiger partial charge in [0.2, 0.25) is 0 Å². The number of benzene rings is 1. The van der Waals surface area contributed by atoms with E-state index in [2.05, 4.69) is 63.5 Å². The van der Waals surface area contributed by atoms with Crippen molar-refractivity contribution in [2.24, 2.45) is 0 Å². The van der Waals surface area contributed by atoms with Crippen LogP contribution < -0.4 is 5.73 Å². The molecule has 0 radical (unpaired) electrons. The predicted octanol–water partition coefficient (Wildman–Crippen LogP) is 4.54. The first-order valence-electron chi connectivity index (χ1n) is 7.78. The van der Waals surface area contributed by atoms with Crippen LogP contribution in [0.25, 0.3) is 11.3 Å². The maximum atomic E-state index is 6.41. The van der Waals surface area contributed by atoms with E-state index in [0.717, 1.165) is 42.3 Å². The third kappa shape index (κ3) is 3.29. The van der Waals surface area contributed by atoms with E-state index in [0.29, 0.717) is 0 Å². The summed E-state index contributed by atoms with van der Waals surface area (Å²) >= 11 is 0. The molecular weight excluding hydrogens is 258 g/mol. The van der Waals surface area contributed by atoms with Crippen LogP contribution in [0.1, 0.15) is 51.9 Å². The van der Waals surface area contributed by atoms with Crippen LogP contribution in [0.2, 0.25) is 0 Å². The Labute approximate surface area is 128 Å². The molecule has 21 heavy (non-hydrogen) atoms. The van der Waals surface area contributed by atoms with Gasteiger partial charge in [-0.15, -0.1) is 0 Å². The lowest BCUT2D eigenvalue weighted by molar-refractivity contribution is 0.491. The van der Waals surface area contributed by atoms with Gasteiger partial charge in [0, 0.05) is 17.5 Å². The summed E-state index contributed by atoms with van der Waals surface area (Å²) in [4.78, 5) is 4.87. The van der Waals surface area contributed by atoms with Crippen LogP contribution in [0.3, 0.4) is 0 Å². The van der Waals surface area contributed by atoms with Crippen LogP contribution in [0, 0.1) is 6.92 Å². The Bertz CT molecular complexity index is 601. The zero-order chi connectivity index (χ0) is 15.6. The molecular formula is C18H27N3. The van der Waals surface area contributed by atoms with E-state index in [1.807, 2.05) is 0 Å². The average molecular weight is 285 g/mol. The topological polar surface area (TPSA) is 43.8 Å². The monoisotopic (exact) mass is 285 g/mol. The molecule has 1 aromatic carbocycles. The maximum absolute atomic E-state index is 6.41. The first-order valence-corrected chi connectivity index (χ1v) is 7.78. The summed E-state index contributed by atoms with van der Waals surface area (Å²) in [5.41, 5.74) is 9.66. The Balaban J connectivity index is 2.52. The van der Waals surface area contributed by atoms with Crippen molar-refractivity contribution < 1.29 is 0 Å². The van der Waals surface area contributed by atoms with Crippen LogP contribution in [-0.4, -0.2) is 9.55 Å². The molecule has 0 amide bonds. The molecule has 0 bridgehead atoms. The van der Waals surface area contributed by atoms with Gasteiger partial charge in [0.1, 0.15) is 17.3 Å². The Morgan fingerprint density at radius 3 is 2.29 bits per heavy atom. The van der Waals surface area contributed by atoms with Crippen LogP contribution in [0.15, 0.2) is 24.3 Å². The fourth-order valence-corrected chi connectivity index (χ4v) is 2.50. The second-order valence-electron chi connectivity index (χ2n) is 6.79. The van der Waals surface area contributed by atoms with E-state index in [1.165, 1.54) is 5.56 Å². The molecule has 2 rings (SSSR count). The van der Waals surface area contributed by atoms with E-state index in [9.17, 15) is 0 Å². The number of hydrogen-bond donors (Lipinski definition) is 1. The molecule has 114 valence electrons. The maximum Gasteiger partial charge on any atom is 0.131 e. The molecule has 3 heteroatoms. The second-order valence-corrected chi connectivity index (χ2v) is 6.79. The van der Waals surface area contributed by atoms with E-state index in [-0.39, 0.29) is 5.41 Å². The van der Waals surface area contributed by atoms with Crippen molar-refractivity contribution in [1.29, 1.82) is 0 Å². The van der Waals surface area contributed by atoms with Crippen LogP contribution in [-0.2, 0) is 12.0 Å². The lowest BCUT2D eigenvalue weighted by Crippen LogP contribution is -2.20. The number of hydrogen-bond acceptors (Lipinski definition) is 2. The van der Waals surface area contributed by atoms with Gasteiger partial charge in [0.15, 0.2) is 0 Å². The summed E-state index contributed by atoms with van der Waals surface area (Å²) in [6.07, 6.45) is 2.28. The standard InChI is InChI=1S/C18H27N3/c1-6-7-12-21-16(19)15(20-17(21)18(3,4)5)14-10-8-13(2)9-11-14/h8-11H,6-7,12,19H2,1-5H3. The summed E-state index contributed by atoms with van der Waals surface area (Å²) in [5.74, 6) is 1.86. The number of anilines is 1. The van der Waals surface area contributed by atoms with Gasteiger partial charge in [-0.2, -0.15) is 0 Å². The minimum Gasteiger partial charge on any atom is -0.383 e. The zero-order valence-corrected chi connectivity index (χ0v) is 13.9. The minimum absolute atomic E-state index is 0.00912. The molecule has 0 aliphatic rings. The van der Waals surface area contributed by atoms with Gasteiger partial charge in [-0.3, -0.25) is 0 Å². The molecule has 1 heterocycles. The Morgan fingerprint density at radius 2 is 1.76 bits per heavy atom. The lowest BCUT2D eigenvalue weighted by Gasteiger charge is -2.20. The summed E-state index contributed by atoms with van der Waals surface area (Å²) in [5, 5.41) is 0. The van der Waals surface area contributed by atoms with Crippen molar-refractivity contribution in [1.82, 2.24) is 9.55 Å². The summed E-state index contributed by atoms with van der Waals surface area (Å²) in [7, 11) is 0. The Kier molecular flexibility index (Phi) is 4.40. The van der Waals surface area contributed by atoms with Crippen molar-refractivity contribution in [2.75, 3.05) is 5.73 Å². The highest BCUT2D eigenvalue weighted by molar-refractivity contribution is 5.71. The predicted molar refractivity (Wildman–Crippen MR) is 90.4 cm³/mol. The number of unbranched alkanes of at least 4 members (excludes halogenated alkanes) is 1. The number of nitrogens with two attached hydrogens (primary N) is 1. The highest BCUT2D eigenvalue weighted by Gasteiger charge is 2.25. The van der Waals surface area contributed by atoms with E-state index in [4.69, 9.17) is 10.7 Å². The molecule has 3 nitrogen and oxygen atoms in total. The van der Waals surface area contributed by atoms with Crippen molar-refractivity contribution in [3.8, 4) is 11.3 Å². The van der Waals surface area contributed by atoms with E-state index >= 15 is 0 Å². The van der Waals surface area contributed by atoms with Crippen molar-refractivity contribution in [3.63, 3.8) is 0 Å². The van der Waals surface area contributed by atoms with Gasteiger partial charge in [-0.1, -0.05) is 63.9 Å². The number of rotatable bonds is 4. The second kappa shape index (κ2) is 5.92. The van der Waals surface area contributed by atoms with E-state index in [1.54, 1.807) is 0 Å². The molecule has 0 spiro atoms. The van der Waals surface area contributed by atoms with Crippen molar-refractivity contribution in [2.45, 2.75) is 59.4 Å². The Hall–Kier alpha value is -1.77. The van der Waals surface area contributed by atoms with Gasteiger partial charge in [-0.05, 0) is 13.3 Å². The molecule has 0 unspecified atom stereocenters. The molecule has 1 aromatic heterocycles. The summed E-state index contributed by atoms with van der Waals surface area (Å²) in [6, 6.07) is 8.42. The quantitative estimate of drug-likeness (QED) is 0.896. The minimum atomic E-state index is -0.00912. The fourth-order valence-electron chi connectivity index (χ4n) is 2.50. The van der Waals surface area contributed by atoms with Crippen molar-refractivity contribution >= 4 is 5.82 Å². The van der Waals surface area contributed by atoms with Crippen LogP contribution in [0.4, 0.5) is 5.82 Å². The Morgan fingerprint density at radius 1 is 1.14 bits per heavy atom. The fraction of sp³-hybridized carbons (Fsp3) is 0.500. The van der Waals surface area contributed by atoms with Gasteiger partial charge in [-0.25, -0.2) is 4.98 Å². The normalized spacial score (nSPS) is 11.9. The first-order chi connectivity index (χ1) is 9.84. The first kappa shape index (κ1) is 15.6.